The van der Waals surface area contributed by atoms with E-state index in [0.717, 1.165) is 39.0 Å². The number of carbonyl (C=O) groups excluding carboxylic acids is 1. The van der Waals surface area contributed by atoms with Crippen molar-refractivity contribution in [2.45, 2.75) is 63.0 Å². The molecular formula is C18H32N2O3. The molecule has 1 unspecified atom stereocenters. The lowest BCUT2D eigenvalue weighted by molar-refractivity contribution is -0.150. The van der Waals surface area contributed by atoms with Crippen LogP contribution in [0.15, 0.2) is 0 Å². The molecule has 3 rings (SSSR count). The maximum Gasteiger partial charge on any atom is 0.224 e. The average molecular weight is 324 g/mol. The van der Waals surface area contributed by atoms with E-state index in [1.165, 1.54) is 38.8 Å². The maximum absolute atomic E-state index is 12.1. The monoisotopic (exact) mass is 324 g/mol. The second kappa shape index (κ2) is 7.95. The molecule has 3 aliphatic rings. The molecule has 1 amide bonds. The lowest BCUT2D eigenvalue weighted by atomic mass is 9.81. The molecule has 0 N–H and O–H groups in total. The minimum Gasteiger partial charge on any atom is -0.384 e. The summed E-state index contributed by atoms with van der Waals surface area (Å²) in [6.45, 7) is 5.63. The van der Waals surface area contributed by atoms with E-state index in [2.05, 4.69) is 4.90 Å². The molecule has 1 spiro atoms. The average Bonchev–Trinajstić information content (AvgIpc) is 2.61. The van der Waals surface area contributed by atoms with Crippen molar-refractivity contribution in [3.8, 4) is 0 Å². The van der Waals surface area contributed by atoms with E-state index in [1.807, 2.05) is 4.90 Å². The van der Waals surface area contributed by atoms with Crippen LogP contribution in [0.5, 0.6) is 0 Å². The van der Waals surface area contributed by atoms with Crippen molar-refractivity contribution < 1.29 is 14.3 Å². The zero-order valence-corrected chi connectivity index (χ0v) is 14.6. The highest BCUT2D eigenvalue weighted by atomic mass is 16.5. The Morgan fingerprint density at radius 1 is 1.17 bits per heavy atom. The number of hydrogen-bond donors (Lipinski definition) is 0. The number of likely N-dealkylation sites (tertiary alicyclic amines) is 2. The summed E-state index contributed by atoms with van der Waals surface area (Å²) in [6.07, 6.45) is 8.93. The van der Waals surface area contributed by atoms with Gasteiger partial charge in [-0.15, -0.1) is 0 Å². The third-order valence-corrected chi connectivity index (χ3v) is 5.92. The lowest BCUT2D eigenvalue weighted by Gasteiger charge is -2.49. The van der Waals surface area contributed by atoms with Gasteiger partial charge in [0.2, 0.25) is 5.91 Å². The molecule has 5 nitrogen and oxygen atoms in total. The van der Waals surface area contributed by atoms with Crippen LogP contribution in [0.1, 0.15) is 51.4 Å². The first-order chi connectivity index (χ1) is 11.2. The van der Waals surface area contributed by atoms with Crippen LogP contribution < -0.4 is 0 Å². The molecule has 0 radical (unpaired) electrons. The molecule has 23 heavy (non-hydrogen) atoms. The number of carbonyl (C=O) groups is 1. The van der Waals surface area contributed by atoms with Gasteiger partial charge in [-0.05, 0) is 51.6 Å². The van der Waals surface area contributed by atoms with Gasteiger partial charge >= 0.3 is 0 Å². The van der Waals surface area contributed by atoms with Crippen LogP contribution in [-0.4, -0.2) is 73.9 Å². The molecule has 3 aliphatic heterocycles. The second-order valence-electron chi connectivity index (χ2n) is 7.40. The van der Waals surface area contributed by atoms with Crippen molar-refractivity contribution in [1.82, 2.24) is 9.80 Å². The Labute approximate surface area is 140 Å². The van der Waals surface area contributed by atoms with E-state index < -0.39 is 0 Å². The normalized spacial score (nSPS) is 28.9. The molecule has 0 aromatic heterocycles. The predicted octanol–water partition coefficient (Wildman–Crippen LogP) is 2.05. The van der Waals surface area contributed by atoms with Gasteiger partial charge in [-0.3, -0.25) is 4.79 Å². The van der Waals surface area contributed by atoms with Crippen LogP contribution in [0.25, 0.3) is 0 Å². The van der Waals surface area contributed by atoms with Gasteiger partial charge in [0.1, 0.15) is 0 Å². The minimum atomic E-state index is 0.0262. The van der Waals surface area contributed by atoms with Gasteiger partial charge in [0.15, 0.2) is 0 Å². The topological polar surface area (TPSA) is 42.0 Å². The minimum absolute atomic E-state index is 0.0262. The summed E-state index contributed by atoms with van der Waals surface area (Å²) < 4.78 is 11.3. The summed E-state index contributed by atoms with van der Waals surface area (Å²) in [6, 6.07) is 0.694. The number of amides is 1. The first-order valence-corrected chi connectivity index (χ1v) is 9.37. The van der Waals surface area contributed by atoms with Crippen molar-refractivity contribution in [2.75, 3.05) is 46.5 Å². The Balaban J connectivity index is 1.51. The standard InChI is InChI=1S/C18H32N2O3/c1-22-13-6-17(21)20-11-7-18(8-12-20)15-16(5-14-23-18)19-9-3-2-4-10-19/h16H,2-15H2,1H3. The van der Waals surface area contributed by atoms with E-state index in [1.54, 1.807) is 7.11 Å². The van der Waals surface area contributed by atoms with Crippen LogP contribution in [0.2, 0.25) is 0 Å². The number of rotatable bonds is 4. The molecule has 5 heteroatoms. The zero-order valence-electron chi connectivity index (χ0n) is 14.6. The van der Waals surface area contributed by atoms with Crippen LogP contribution >= 0.6 is 0 Å². The molecule has 132 valence electrons. The first-order valence-electron chi connectivity index (χ1n) is 9.37. The van der Waals surface area contributed by atoms with Crippen molar-refractivity contribution in [2.24, 2.45) is 0 Å². The highest BCUT2D eigenvalue weighted by molar-refractivity contribution is 5.76. The van der Waals surface area contributed by atoms with E-state index >= 15 is 0 Å². The van der Waals surface area contributed by atoms with Gasteiger partial charge in [-0.25, -0.2) is 0 Å². The smallest absolute Gasteiger partial charge is 0.224 e. The quantitative estimate of drug-likeness (QED) is 0.794. The van der Waals surface area contributed by atoms with Gasteiger partial charge in [-0.2, -0.15) is 0 Å². The Morgan fingerprint density at radius 2 is 1.91 bits per heavy atom. The highest BCUT2D eigenvalue weighted by Crippen LogP contribution is 2.37. The van der Waals surface area contributed by atoms with Crippen molar-refractivity contribution in [1.29, 1.82) is 0 Å². The summed E-state index contributed by atoms with van der Waals surface area (Å²) >= 11 is 0. The van der Waals surface area contributed by atoms with Gasteiger partial charge in [-0.1, -0.05) is 6.42 Å². The second-order valence-corrected chi connectivity index (χ2v) is 7.40. The number of nitrogens with zero attached hydrogens (tertiary/aromatic N) is 2. The van der Waals surface area contributed by atoms with Gasteiger partial charge < -0.3 is 19.3 Å². The fourth-order valence-electron chi connectivity index (χ4n) is 4.46. The summed E-state index contributed by atoms with van der Waals surface area (Å²) in [5.74, 6) is 0.227. The van der Waals surface area contributed by atoms with Gasteiger partial charge in [0.25, 0.3) is 0 Å². The molecule has 0 aromatic rings. The summed E-state index contributed by atoms with van der Waals surface area (Å²) in [5, 5.41) is 0. The fraction of sp³-hybridized carbons (Fsp3) is 0.944. The van der Waals surface area contributed by atoms with Crippen molar-refractivity contribution in [3.63, 3.8) is 0 Å². The van der Waals surface area contributed by atoms with Gasteiger partial charge in [0, 0.05) is 32.8 Å². The highest BCUT2D eigenvalue weighted by Gasteiger charge is 2.42. The molecule has 3 saturated heterocycles. The SMILES string of the molecule is COCCC(=O)N1CCC2(CC1)CC(N1CCCCC1)CCO2. The summed E-state index contributed by atoms with van der Waals surface area (Å²) in [7, 11) is 1.65. The number of methoxy groups -OCH3 is 1. The van der Waals surface area contributed by atoms with Crippen LogP contribution in [0.4, 0.5) is 0 Å². The van der Waals surface area contributed by atoms with Crippen molar-refractivity contribution in [3.05, 3.63) is 0 Å². The Kier molecular flexibility index (Phi) is 5.94. The summed E-state index contributed by atoms with van der Waals surface area (Å²) in [5.41, 5.74) is 0.0262. The van der Waals surface area contributed by atoms with Crippen LogP contribution in [0.3, 0.4) is 0 Å². The van der Waals surface area contributed by atoms with E-state index in [9.17, 15) is 4.79 Å². The molecule has 0 aromatic carbocycles. The zero-order chi connectivity index (χ0) is 16.1. The first kappa shape index (κ1) is 17.2. The van der Waals surface area contributed by atoms with Crippen LogP contribution in [0, 0.1) is 0 Å². The third-order valence-electron chi connectivity index (χ3n) is 5.92. The number of hydrogen-bond acceptors (Lipinski definition) is 4. The third kappa shape index (κ3) is 4.25. The molecular weight excluding hydrogens is 292 g/mol. The summed E-state index contributed by atoms with van der Waals surface area (Å²) in [4.78, 5) is 16.8. The van der Waals surface area contributed by atoms with E-state index in [4.69, 9.17) is 9.47 Å². The predicted molar refractivity (Wildman–Crippen MR) is 89.4 cm³/mol. The Bertz CT molecular complexity index is 388. The van der Waals surface area contributed by atoms with Gasteiger partial charge in [0.05, 0.1) is 18.6 Å². The molecule has 0 bridgehead atoms. The Morgan fingerprint density at radius 3 is 2.61 bits per heavy atom. The molecule has 1 atom stereocenters. The number of ether oxygens (including phenoxy) is 2. The van der Waals surface area contributed by atoms with E-state index in [-0.39, 0.29) is 11.5 Å². The Hall–Kier alpha value is -0.650. The maximum atomic E-state index is 12.1. The van der Waals surface area contributed by atoms with E-state index in [0.29, 0.717) is 19.1 Å². The lowest BCUT2D eigenvalue weighted by Crippen LogP contribution is -2.55. The fourth-order valence-corrected chi connectivity index (χ4v) is 4.46. The van der Waals surface area contributed by atoms with Crippen molar-refractivity contribution >= 4 is 5.91 Å². The molecule has 0 aliphatic carbocycles. The number of piperidine rings is 2. The molecule has 3 fully saturated rings. The van der Waals surface area contributed by atoms with Crippen LogP contribution in [-0.2, 0) is 14.3 Å². The largest absolute Gasteiger partial charge is 0.384 e. The molecule has 0 saturated carbocycles. The molecule has 3 heterocycles.